The van der Waals surface area contributed by atoms with Gasteiger partial charge in [0.05, 0.1) is 5.52 Å². The average Bonchev–Trinajstić information content (AvgIpc) is 2.85. The zero-order valence-corrected chi connectivity index (χ0v) is 12.4. The summed E-state index contributed by atoms with van der Waals surface area (Å²) in [4.78, 5) is 15.3. The van der Waals surface area contributed by atoms with E-state index in [1.807, 2.05) is 5.38 Å². The van der Waals surface area contributed by atoms with Crippen molar-refractivity contribution in [1.82, 2.24) is 9.55 Å². The van der Waals surface area contributed by atoms with Crippen LogP contribution < -0.4 is 5.56 Å². The van der Waals surface area contributed by atoms with E-state index in [4.69, 9.17) is 12.2 Å². The van der Waals surface area contributed by atoms with E-state index in [-0.39, 0.29) is 12.1 Å². The average molecular weight is 324 g/mol. The van der Waals surface area contributed by atoms with Crippen molar-refractivity contribution in [3.8, 4) is 0 Å². The van der Waals surface area contributed by atoms with Crippen LogP contribution in [0.2, 0.25) is 0 Å². The molecule has 0 fully saturated rings. The van der Waals surface area contributed by atoms with Gasteiger partial charge in [0.15, 0.2) is 4.77 Å². The number of hydrogen-bond donors (Lipinski definition) is 1. The number of fused-ring (bicyclic) bond motifs is 1. The highest BCUT2D eigenvalue weighted by Crippen LogP contribution is 2.14. The summed E-state index contributed by atoms with van der Waals surface area (Å²) in [6.07, 6.45) is 0.322. The van der Waals surface area contributed by atoms with Crippen molar-refractivity contribution in [1.29, 1.82) is 0 Å². The molecular weight excluding hydrogens is 314 g/mol. The molecule has 0 unspecified atom stereocenters. The first kappa shape index (κ1) is 14.1. The van der Waals surface area contributed by atoms with Crippen LogP contribution in [0.15, 0.2) is 34.4 Å². The molecule has 21 heavy (non-hydrogen) atoms. The van der Waals surface area contributed by atoms with Gasteiger partial charge >= 0.3 is 0 Å². The lowest BCUT2D eigenvalue weighted by Crippen LogP contribution is -2.22. The summed E-state index contributed by atoms with van der Waals surface area (Å²) in [7, 11) is 0. The van der Waals surface area contributed by atoms with Gasteiger partial charge in [-0.3, -0.25) is 9.36 Å². The molecular formula is C14H10F2N2OS2. The predicted octanol–water partition coefficient (Wildman–Crippen LogP) is 3.64. The van der Waals surface area contributed by atoms with E-state index >= 15 is 0 Å². The maximum Gasteiger partial charge on any atom is 0.272 e. The van der Waals surface area contributed by atoms with Crippen LogP contribution in [0.1, 0.15) is 5.56 Å². The molecule has 0 aliphatic carbocycles. The van der Waals surface area contributed by atoms with Gasteiger partial charge in [0.2, 0.25) is 0 Å². The second-order valence-corrected chi connectivity index (χ2v) is 5.88. The van der Waals surface area contributed by atoms with Crippen LogP contribution in [0.4, 0.5) is 8.78 Å². The summed E-state index contributed by atoms with van der Waals surface area (Å²) in [6.45, 7) is 0.269. The minimum absolute atomic E-state index is 0.180. The highest BCUT2D eigenvalue weighted by atomic mass is 32.1. The van der Waals surface area contributed by atoms with E-state index in [1.54, 1.807) is 6.07 Å². The molecule has 3 rings (SSSR count). The smallest absolute Gasteiger partial charge is 0.272 e. The number of rotatable bonds is 3. The number of aromatic nitrogens is 2. The normalized spacial score (nSPS) is 11.1. The number of halogens is 2. The Morgan fingerprint density at radius 1 is 1.24 bits per heavy atom. The highest BCUT2D eigenvalue weighted by molar-refractivity contribution is 7.71. The van der Waals surface area contributed by atoms with Gasteiger partial charge in [-0.1, -0.05) is 0 Å². The number of benzene rings is 1. The molecule has 0 aliphatic rings. The standard InChI is InChI=1S/C14H10F2N2OS2/c15-9-5-8(6-10(16)7-9)1-3-18-13(19)12-11(2-4-21-12)17-14(18)20/h2,4-7H,1,3H2,(H,17,20). The molecule has 1 N–H and O–H groups in total. The lowest BCUT2D eigenvalue weighted by Gasteiger charge is -2.07. The van der Waals surface area contributed by atoms with Crippen LogP contribution in [0.5, 0.6) is 0 Å². The van der Waals surface area contributed by atoms with Crippen molar-refractivity contribution >= 4 is 33.8 Å². The molecule has 0 saturated heterocycles. The monoisotopic (exact) mass is 324 g/mol. The molecule has 0 radical (unpaired) electrons. The van der Waals surface area contributed by atoms with E-state index in [2.05, 4.69) is 4.98 Å². The predicted molar refractivity (Wildman–Crippen MR) is 81.3 cm³/mol. The fourth-order valence-corrected chi connectivity index (χ4v) is 3.25. The van der Waals surface area contributed by atoms with Crippen LogP contribution in [0, 0.1) is 16.4 Å². The molecule has 3 aromatic rings. The molecule has 0 saturated carbocycles. The zero-order chi connectivity index (χ0) is 15.0. The van der Waals surface area contributed by atoms with Crippen molar-refractivity contribution in [3.63, 3.8) is 0 Å². The third-order valence-electron chi connectivity index (χ3n) is 3.14. The molecule has 1 aromatic carbocycles. The first-order valence-corrected chi connectivity index (χ1v) is 7.48. The van der Waals surface area contributed by atoms with E-state index in [0.717, 1.165) is 6.07 Å². The summed E-state index contributed by atoms with van der Waals surface area (Å²) in [5, 5.41) is 1.81. The van der Waals surface area contributed by atoms with Crippen LogP contribution >= 0.6 is 23.6 Å². The Hall–Kier alpha value is -1.86. The Balaban J connectivity index is 1.95. The Labute approximate surface area is 127 Å². The fraction of sp³-hybridized carbons (Fsp3) is 0.143. The van der Waals surface area contributed by atoms with Crippen LogP contribution in [-0.2, 0) is 13.0 Å². The van der Waals surface area contributed by atoms with Crippen molar-refractivity contribution in [3.05, 3.63) is 62.0 Å². The molecule has 0 spiro atoms. The van der Waals surface area contributed by atoms with Gasteiger partial charge in [0.1, 0.15) is 16.3 Å². The number of nitrogens with one attached hydrogen (secondary N) is 1. The van der Waals surface area contributed by atoms with Gasteiger partial charge < -0.3 is 4.98 Å². The van der Waals surface area contributed by atoms with Gasteiger partial charge in [0, 0.05) is 12.6 Å². The van der Waals surface area contributed by atoms with E-state index in [9.17, 15) is 13.6 Å². The third-order valence-corrected chi connectivity index (χ3v) is 4.36. The first-order valence-electron chi connectivity index (χ1n) is 6.20. The molecule has 0 aliphatic heterocycles. The Bertz CT molecular complexity index is 906. The lowest BCUT2D eigenvalue weighted by molar-refractivity contribution is 0.575. The van der Waals surface area contributed by atoms with E-state index < -0.39 is 11.6 Å². The Kier molecular flexibility index (Phi) is 3.69. The molecule has 108 valence electrons. The SMILES string of the molecule is O=c1c2sccc2[nH]c(=S)n1CCc1cc(F)cc(F)c1. The molecule has 2 aromatic heterocycles. The number of H-pyrrole nitrogens is 1. The van der Waals surface area contributed by atoms with Crippen LogP contribution in [0.25, 0.3) is 10.2 Å². The maximum absolute atomic E-state index is 13.1. The van der Waals surface area contributed by atoms with Gasteiger partial charge in [-0.2, -0.15) is 0 Å². The molecule has 0 bridgehead atoms. The van der Waals surface area contributed by atoms with Crippen LogP contribution in [0.3, 0.4) is 0 Å². The minimum atomic E-state index is -0.629. The second-order valence-electron chi connectivity index (χ2n) is 4.58. The number of hydrogen-bond acceptors (Lipinski definition) is 3. The van der Waals surface area contributed by atoms with E-state index in [1.165, 1.54) is 28.0 Å². The summed E-state index contributed by atoms with van der Waals surface area (Å²) >= 11 is 6.50. The Morgan fingerprint density at radius 2 is 1.95 bits per heavy atom. The number of nitrogens with zero attached hydrogens (tertiary/aromatic N) is 1. The Morgan fingerprint density at radius 3 is 2.67 bits per heavy atom. The topological polar surface area (TPSA) is 37.8 Å². The van der Waals surface area contributed by atoms with Crippen LogP contribution in [-0.4, -0.2) is 9.55 Å². The lowest BCUT2D eigenvalue weighted by atomic mass is 10.1. The van der Waals surface area contributed by atoms with Gasteiger partial charge in [-0.25, -0.2) is 8.78 Å². The van der Waals surface area contributed by atoms with E-state index in [0.29, 0.717) is 27.0 Å². The van der Waals surface area contributed by atoms with Crippen molar-refractivity contribution in [2.75, 3.05) is 0 Å². The largest absolute Gasteiger partial charge is 0.331 e. The molecule has 7 heteroatoms. The number of aromatic amines is 1. The van der Waals surface area contributed by atoms with Crippen molar-refractivity contribution in [2.45, 2.75) is 13.0 Å². The fourth-order valence-electron chi connectivity index (χ4n) is 2.17. The summed E-state index contributed by atoms with van der Waals surface area (Å²) in [5.74, 6) is -1.26. The summed E-state index contributed by atoms with van der Waals surface area (Å²) < 4.78 is 28.6. The van der Waals surface area contributed by atoms with Gasteiger partial charge in [-0.15, -0.1) is 11.3 Å². The second kappa shape index (κ2) is 5.50. The molecule has 2 heterocycles. The molecule has 0 amide bonds. The summed E-state index contributed by atoms with van der Waals surface area (Å²) in [6, 6.07) is 5.12. The maximum atomic E-state index is 13.1. The summed E-state index contributed by atoms with van der Waals surface area (Å²) in [5.41, 5.74) is 1.02. The zero-order valence-electron chi connectivity index (χ0n) is 10.7. The third kappa shape index (κ3) is 2.79. The highest BCUT2D eigenvalue weighted by Gasteiger charge is 2.07. The van der Waals surface area contributed by atoms with Crippen molar-refractivity contribution < 1.29 is 8.78 Å². The molecule has 3 nitrogen and oxygen atoms in total. The van der Waals surface area contributed by atoms with Gasteiger partial charge in [0.25, 0.3) is 5.56 Å². The quantitative estimate of drug-likeness (QED) is 0.747. The van der Waals surface area contributed by atoms with Crippen molar-refractivity contribution in [2.24, 2.45) is 0 Å². The molecule has 0 atom stereocenters. The van der Waals surface area contributed by atoms with Gasteiger partial charge in [-0.05, 0) is 47.8 Å². The minimum Gasteiger partial charge on any atom is -0.331 e. The first-order chi connectivity index (χ1) is 10.0. The number of thiophene rings is 1. The number of aryl methyl sites for hydroxylation is 1.